The summed E-state index contributed by atoms with van der Waals surface area (Å²) >= 11 is 0. The van der Waals surface area contributed by atoms with Crippen LogP contribution in [0.4, 0.5) is 0 Å². The summed E-state index contributed by atoms with van der Waals surface area (Å²) in [6.07, 6.45) is 4.64. The van der Waals surface area contributed by atoms with Crippen molar-refractivity contribution in [3.63, 3.8) is 0 Å². The van der Waals surface area contributed by atoms with E-state index >= 15 is 0 Å². The number of carboxylic acids is 1. The fourth-order valence-electron chi connectivity index (χ4n) is 2.31. The predicted octanol–water partition coefficient (Wildman–Crippen LogP) is 3.80. The van der Waals surface area contributed by atoms with Gasteiger partial charge in [0.25, 0.3) is 0 Å². The smallest absolute Gasteiger partial charge is 0.335 e. The molecule has 0 fully saturated rings. The first-order valence-electron chi connectivity index (χ1n) is 7.74. The zero-order valence-electron chi connectivity index (χ0n) is 13.4. The molecule has 4 nitrogen and oxygen atoms in total. The lowest BCUT2D eigenvalue weighted by Crippen LogP contribution is -2.26. The quantitative estimate of drug-likeness (QED) is 0.713. The maximum absolute atomic E-state index is 11.1. The Balaban J connectivity index is 2.88. The fraction of sp³-hybridized carbons (Fsp3) is 0.588. The van der Waals surface area contributed by atoms with E-state index in [2.05, 4.69) is 18.7 Å². The van der Waals surface area contributed by atoms with Gasteiger partial charge in [-0.25, -0.2) is 4.79 Å². The summed E-state index contributed by atoms with van der Waals surface area (Å²) < 4.78 is 5.37. The first-order valence-corrected chi connectivity index (χ1v) is 7.74. The molecule has 0 radical (unpaired) electrons. The third-order valence-electron chi connectivity index (χ3n) is 3.58. The number of benzene rings is 1. The average Bonchev–Trinajstić information content (AvgIpc) is 2.49. The van der Waals surface area contributed by atoms with Crippen LogP contribution in [-0.2, 0) is 6.54 Å². The zero-order valence-corrected chi connectivity index (χ0v) is 13.4. The summed E-state index contributed by atoms with van der Waals surface area (Å²) in [6, 6.07) is 5.07. The fourth-order valence-corrected chi connectivity index (χ4v) is 2.31. The Morgan fingerprint density at radius 2 is 1.81 bits per heavy atom. The molecule has 4 heteroatoms. The number of carbonyl (C=O) groups is 1. The van der Waals surface area contributed by atoms with Crippen LogP contribution < -0.4 is 4.74 Å². The first-order chi connectivity index (χ1) is 10.1. The molecule has 0 aromatic heterocycles. The molecule has 1 aromatic rings. The molecule has 0 saturated carbocycles. The van der Waals surface area contributed by atoms with Crippen LogP contribution in [0.2, 0.25) is 0 Å². The van der Waals surface area contributed by atoms with Crippen molar-refractivity contribution in [1.29, 1.82) is 0 Å². The summed E-state index contributed by atoms with van der Waals surface area (Å²) in [4.78, 5) is 13.5. The second-order valence-corrected chi connectivity index (χ2v) is 5.32. The van der Waals surface area contributed by atoms with Gasteiger partial charge in [0.15, 0.2) is 0 Å². The molecule has 0 heterocycles. The van der Waals surface area contributed by atoms with Gasteiger partial charge in [0.2, 0.25) is 0 Å². The number of hydrogen-bond donors (Lipinski definition) is 1. The molecule has 0 bridgehead atoms. The average molecular weight is 293 g/mol. The lowest BCUT2D eigenvalue weighted by molar-refractivity contribution is 0.0696. The number of carboxylic acid groups (broad SMARTS) is 1. The molecule has 0 amide bonds. The van der Waals surface area contributed by atoms with Gasteiger partial charge in [-0.1, -0.05) is 26.7 Å². The minimum atomic E-state index is -0.896. The van der Waals surface area contributed by atoms with Gasteiger partial charge in [0.1, 0.15) is 5.75 Å². The maximum Gasteiger partial charge on any atom is 0.335 e. The van der Waals surface area contributed by atoms with Crippen LogP contribution >= 0.6 is 0 Å². The standard InChI is InChI=1S/C17H27NO3/c1-4-6-10-18(11-7-5-2)13-15-12-14(17(19)20)8-9-16(15)21-3/h8-9,12H,4-7,10-11,13H2,1-3H3,(H,19,20). The summed E-state index contributed by atoms with van der Waals surface area (Å²) in [5.41, 5.74) is 1.27. The first kappa shape index (κ1) is 17.5. The van der Waals surface area contributed by atoms with Crippen molar-refractivity contribution in [2.24, 2.45) is 0 Å². The van der Waals surface area contributed by atoms with Crippen LogP contribution in [0, 0.1) is 0 Å². The van der Waals surface area contributed by atoms with Gasteiger partial charge < -0.3 is 9.84 Å². The van der Waals surface area contributed by atoms with Crippen LogP contribution in [0.15, 0.2) is 18.2 Å². The minimum Gasteiger partial charge on any atom is -0.496 e. The summed E-state index contributed by atoms with van der Waals surface area (Å²) in [7, 11) is 1.63. The van der Waals surface area contributed by atoms with Gasteiger partial charge >= 0.3 is 5.97 Å². The van der Waals surface area contributed by atoms with Gasteiger partial charge in [0.05, 0.1) is 12.7 Å². The van der Waals surface area contributed by atoms with Crippen molar-refractivity contribution in [3.05, 3.63) is 29.3 Å². The monoisotopic (exact) mass is 293 g/mol. The summed E-state index contributed by atoms with van der Waals surface area (Å²) in [6.45, 7) is 7.19. The van der Waals surface area contributed by atoms with E-state index in [1.54, 1.807) is 25.3 Å². The lowest BCUT2D eigenvalue weighted by atomic mass is 10.1. The molecular formula is C17H27NO3. The van der Waals surface area contributed by atoms with Crippen LogP contribution in [0.5, 0.6) is 5.75 Å². The molecule has 118 valence electrons. The van der Waals surface area contributed by atoms with Crippen molar-refractivity contribution in [1.82, 2.24) is 4.90 Å². The molecule has 1 rings (SSSR count). The van der Waals surface area contributed by atoms with Gasteiger partial charge in [-0.3, -0.25) is 4.90 Å². The highest BCUT2D eigenvalue weighted by molar-refractivity contribution is 5.88. The molecule has 0 aliphatic rings. The lowest BCUT2D eigenvalue weighted by Gasteiger charge is -2.23. The number of ether oxygens (including phenoxy) is 1. The molecule has 1 N–H and O–H groups in total. The maximum atomic E-state index is 11.1. The Hall–Kier alpha value is -1.55. The molecule has 0 aliphatic heterocycles. The van der Waals surface area contributed by atoms with Gasteiger partial charge in [0, 0.05) is 12.1 Å². The second kappa shape index (κ2) is 9.40. The van der Waals surface area contributed by atoms with E-state index in [1.807, 2.05) is 0 Å². The van der Waals surface area contributed by atoms with E-state index in [1.165, 1.54) is 0 Å². The normalized spacial score (nSPS) is 10.9. The van der Waals surface area contributed by atoms with E-state index in [0.717, 1.165) is 56.6 Å². The Morgan fingerprint density at radius 1 is 1.19 bits per heavy atom. The highest BCUT2D eigenvalue weighted by atomic mass is 16.5. The van der Waals surface area contributed by atoms with Crippen LogP contribution in [-0.4, -0.2) is 36.2 Å². The van der Waals surface area contributed by atoms with Gasteiger partial charge in [-0.2, -0.15) is 0 Å². The van der Waals surface area contributed by atoms with Crippen LogP contribution in [0.3, 0.4) is 0 Å². The minimum absolute atomic E-state index is 0.316. The third kappa shape index (κ3) is 5.76. The molecule has 0 spiro atoms. The third-order valence-corrected chi connectivity index (χ3v) is 3.58. The number of hydrogen-bond acceptors (Lipinski definition) is 3. The Morgan fingerprint density at radius 3 is 2.29 bits per heavy atom. The largest absolute Gasteiger partial charge is 0.496 e. The molecule has 0 atom stereocenters. The molecule has 1 aromatic carbocycles. The SMILES string of the molecule is CCCCN(CCCC)Cc1cc(C(=O)O)ccc1OC. The number of aromatic carboxylic acids is 1. The van der Waals surface area contributed by atoms with Crippen LogP contribution in [0.25, 0.3) is 0 Å². The number of unbranched alkanes of at least 4 members (excludes halogenated alkanes) is 2. The highest BCUT2D eigenvalue weighted by Crippen LogP contribution is 2.22. The van der Waals surface area contributed by atoms with Crippen molar-refractivity contribution >= 4 is 5.97 Å². The van der Waals surface area contributed by atoms with Crippen molar-refractivity contribution in [3.8, 4) is 5.75 Å². The highest BCUT2D eigenvalue weighted by Gasteiger charge is 2.12. The van der Waals surface area contributed by atoms with Crippen molar-refractivity contribution in [2.45, 2.75) is 46.1 Å². The number of methoxy groups -OCH3 is 1. The molecule has 21 heavy (non-hydrogen) atoms. The van der Waals surface area contributed by atoms with Crippen LogP contribution in [0.1, 0.15) is 55.5 Å². The Kier molecular flexibility index (Phi) is 7.83. The zero-order chi connectivity index (χ0) is 15.7. The molecule has 0 aliphatic carbocycles. The predicted molar refractivity (Wildman–Crippen MR) is 85.0 cm³/mol. The molecule has 0 unspecified atom stereocenters. The second-order valence-electron chi connectivity index (χ2n) is 5.32. The van der Waals surface area contributed by atoms with E-state index in [-0.39, 0.29) is 0 Å². The van der Waals surface area contributed by atoms with Crippen molar-refractivity contribution < 1.29 is 14.6 Å². The topological polar surface area (TPSA) is 49.8 Å². The number of nitrogens with zero attached hydrogens (tertiary/aromatic N) is 1. The van der Waals surface area contributed by atoms with E-state index in [9.17, 15) is 4.79 Å². The van der Waals surface area contributed by atoms with Gasteiger partial charge in [-0.05, 0) is 44.1 Å². The Bertz CT molecular complexity index is 438. The van der Waals surface area contributed by atoms with E-state index in [0.29, 0.717) is 5.56 Å². The Labute approximate surface area is 127 Å². The van der Waals surface area contributed by atoms with E-state index in [4.69, 9.17) is 9.84 Å². The van der Waals surface area contributed by atoms with E-state index < -0.39 is 5.97 Å². The number of rotatable bonds is 10. The van der Waals surface area contributed by atoms with Gasteiger partial charge in [-0.15, -0.1) is 0 Å². The summed E-state index contributed by atoms with van der Waals surface area (Å²) in [5, 5.41) is 9.14. The summed E-state index contributed by atoms with van der Waals surface area (Å²) in [5.74, 6) is -0.134. The molecule has 0 saturated heterocycles. The van der Waals surface area contributed by atoms with Crippen molar-refractivity contribution in [2.75, 3.05) is 20.2 Å². The molecular weight excluding hydrogens is 266 g/mol.